The van der Waals surface area contributed by atoms with Gasteiger partial charge in [0, 0.05) is 57.1 Å². The monoisotopic (exact) mass is 421 g/mol. The maximum atomic E-state index is 13.0. The molecule has 1 atom stereocenters. The summed E-state index contributed by atoms with van der Waals surface area (Å²) in [5.74, 6) is -0.309. The number of pyridine rings is 1. The SMILES string of the molecule is Cc1cc(C)cc(C2(CNC(=O)C3CC(=O)N(Cc4cccnc4)C3)CCOCC2)c1. The molecule has 2 amide bonds. The van der Waals surface area contributed by atoms with Crippen molar-refractivity contribution in [3.63, 3.8) is 0 Å². The van der Waals surface area contributed by atoms with E-state index in [0.717, 1.165) is 18.4 Å². The zero-order valence-corrected chi connectivity index (χ0v) is 18.4. The minimum Gasteiger partial charge on any atom is -0.381 e. The van der Waals surface area contributed by atoms with Crippen LogP contribution in [0.1, 0.15) is 41.5 Å². The molecule has 2 saturated heterocycles. The number of aromatic nitrogens is 1. The van der Waals surface area contributed by atoms with Crippen LogP contribution in [-0.4, -0.2) is 48.0 Å². The Labute approximate surface area is 184 Å². The molecule has 4 rings (SSSR count). The Hall–Kier alpha value is -2.73. The van der Waals surface area contributed by atoms with Crippen molar-refractivity contribution >= 4 is 11.8 Å². The Kier molecular flexibility index (Phi) is 6.37. The van der Waals surface area contributed by atoms with E-state index in [1.54, 1.807) is 17.3 Å². The van der Waals surface area contributed by atoms with Gasteiger partial charge in [-0.05, 0) is 43.9 Å². The highest BCUT2D eigenvalue weighted by Crippen LogP contribution is 2.35. The van der Waals surface area contributed by atoms with Gasteiger partial charge in [-0.2, -0.15) is 0 Å². The molecule has 0 bridgehead atoms. The van der Waals surface area contributed by atoms with E-state index < -0.39 is 0 Å². The molecule has 1 aromatic heterocycles. The lowest BCUT2D eigenvalue weighted by atomic mass is 9.73. The first-order chi connectivity index (χ1) is 14.9. The lowest BCUT2D eigenvalue weighted by Gasteiger charge is -2.38. The van der Waals surface area contributed by atoms with Crippen LogP contribution in [0.3, 0.4) is 0 Å². The van der Waals surface area contributed by atoms with Gasteiger partial charge in [-0.15, -0.1) is 0 Å². The van der Waals surface area contributed by atoms with Crippen LogP contribution >= 0.6 is 0 Å². The summed E-state index contributed by atoms with van der Waals surface area (Å²) in [7, 11) is 0. The van der Waals surface area contributed by atoms with Crippen molar-refractivity contribution in [3.8, 4) is 0 Å². The molecule has 0 spiro atoms. The Morgan fingerprint density at radius 2 is 1.97 bits per heavy atom. The van der Waals surface area contributed by atoms with Crippen molar-refractivity contribution in [2.75, 3.05) is 26.3 Å². The van der Waals surface area contributed by atoms with Gasteiger partial charge in [-0.25, -0.2) is 0 Å². The average Bonchev–Trinajstić information content (AvgIpc) is 3.13. The Bertz CT molecular complexity index is 918. The molecule has 2 aromatic rings. The number of ether oxygens (including phenoxy) is 1. The third kappa shape index (κ3) is 4.96. The van der Waals surface area contributed by atoms with Gasteiger partial charge in [0.2, 0.25) is 11.8 Å². The summed E-state index contributed by atoms with van der Waals surface area (Å²) in [6.45, 7) is 7.16. The summed E-state index contributed by atoms with van der Waals surface area (Å²) in [5, 5.41) is 3.19. The molecule has 31 heavy (non-hydrogen) atoms. The number of likely N-dealkylation sites (tertiary alicyclic amines) is 1. The third-order valence-corrected chi connectivity index (χ3v) is 6.57. The second-order valence-electron chi connectivity index (χ2n) is 9.02. The molecule has 164 valence electrons. The first-order valence-corrected chi connectivity index (χ1v) is 11.1. The number of nitrogens with zero attached hydrogens (tertiary/aromatic N) is 2. The van der Waals surface area contributed by atoms with Crippen molar-refractivity contribution < 1.29 is 14.3 Å². The highest BCUT2D eigenvalue weighted by Gasteiger charge is 2.38. The van der Waals surface area contributed by atoms with Crippen molar-refractivity contribution in [1.29, 1.82) is 0 Å². The molecule has 0 saturated carbocycles. The molecule has 1 aromatic carbocycles. The Morgan fingerprint density at radius 3 is 2.65 bits per heavy atom. The van der Waals surface area contributed by atoms with Gasteiger partial charge >= 0.3 is 0 Å². The van der Waals surface area contributed by atoms with E-state index in [2.05, 4.69) is 42.3 Å². The molecule has 3 heterocycles. The summed E-state index contributed by atoms with van der Waals surface area (Å²) in [6, 6.07) is 10.5. The van der Waals surface area contributed by atoms with E-state index in [4.69, 9.17) is 4.74 Å². The molecule has 1 N–H and O–H groups in total. The topological polar surface area (TPSA) is 71.5 Å². The highest BCUT2D eigenvalue weighted by atomic mass is 16.5. The average molecular weight is 422 g/mol. The second-order valence-corrected chi connectivity index (χ2v) is 9.02. The fourth-order valence-electron chi connectivity index (χ4n) is 4.82. The number of rotatable bonds is 6. The van der Waals surface area contributed by atoms with Crippen LogP contribution in [0.15, 0.2) is 42.7 Å². The van der Waals surface area contributed by atoms with Gasteiger partial charge < -0.3 is 15.0 Å². The fourth-order valence-corrected chi connectivity index (χ4v) is 4.82. The molecule has 6 heteroatoms. The number of carbonyl (C=O) groups excluding carboxylic acids is 2. The normalized spacial score (nSPS) is 20.6. The van der Waals surface area contributed by atoms with E-state index in [-0.39, 0.29) is 29.6 Å². The lowest BCUT2D eigenvalue weighted by Crippen LogP contribution is -2.46. The molecule has 0 aliphatic carbocycles. The molecular formula is C25H31N3O3. The van der Waals surface area contributed by atoms with Crippen molar-refractivity contribution in [2.24, 2.45) is 5.92 Å². The molecule has 2 aliphatic rings. The maximum absolute atomic E-state index is 13.0. The number of nitrogens with one attached hydrogen (secondary N) is 1. The van der Waals surface area contributed by atoms with Crippen LogP contribution in [0.2, 0.25) is 0 Å². The van der Waals surface area contributed by atoms with Gasteiger partial charge in [0.25, 0.3) is 0 Å². The van der Waals surface area contributed by atoms with Crippen LogP contribution in [0.25, 0.3) is 0 Å². The summed E-state index contributed by atoms with van der Waals surface area (Å²) >= 11 is 0. The van der Waals surface area contributed by atoms with E-state index in [9.17, 15) is 9.59 Å². The lowest BCUT2D eigenvalue weighted by molar-refractivity contribution is -0.129. The standard InChI is InChI=1S/C25H31N3O3/c1-18-10-19(2)12-22(11-18)25(5-8-31-9-6-25)17-27-24(30)21-13-23(29)28(16-21)15-20-4-3-7-26-14-20/h3-4,7,10-12,14,21H,5-6,8-9,13,15-17H2,1-2H3,(H,27,30). The van der Waals surface area contributed by atoms with Gasteiger partial charge in [-0.3, -0.25) is 14.6 Å². The van der Waals surface area contributed by atoms with Gasteiger partial charge in [0.15, 0.2) is 0 Å². The van der Waals surface area contributed by atoms with E-state index in [0.29, 0.717) is 32.8 Å². The van der Waals surface area contributed by atoms with Crippen molar-refractivity contribution in [2.45, 2.75) is 45.1 Å². The Balaban J connectivity index is 1.42. The highest BCUT2D eigenvalue weighted by molar-refractivity contribution is 5.89. The molecule has 0 radical (unpaired) electrons. The van der Waals surface area contributed by atoms with Crippen LogP contribution in [0.5, 0.6) is 0 Å². The van der Waals surface area contributed by atoms with Gasteiger partial charge in [-0.1, -0.05) is 35.4 Å². The first-order valence-electron chi connectivity index (χ1n) is 11.1. The summed E-state index contributed by atoms with van der Waals surface area (Å²) in [5.41, 5.74) is 4.60. The molecule has 6 nitrogen and oxygen atoms in total. The van der Waals surface area contributed by atoms with Crippen LogP contribution in [-0.2, 0) is 26.3 Å². The van der Waals surface area contributed by atoms with Gasteiger partial charge in [0.1, 0.15) is 0 Å². The summed E-state index contributed by atoms with van der Waals surface area (Å²) in [6.07, 6.45) is 5.51. The minimum atomic E-state index is -0.305. The zero-order valence-electron chi connectivity index (χ0n) is 18.4. The van der Waals surface area contributed by atoms with E-state index in [1.807, 2.05) is 12.1 Å². The number of hydrogen-bond acceptors (Lipinski definition) is 4. The summed E-state index contributed by atoms with van der Waals surface area (Å²) in [4.78, 5) is 31.3. The number of carbonyl (C=O) groups is 2. The van der Waals surface area contributed by atoms with Crippen molar-refractivity contribution in [1.82, 2.24) is 15.2 Å². The molecule has 1 unspecified atom stereocenters. The summed E-state index contributed by atoms with van der Waals surface area (Å²) < 4.78 is 5.63. The maximum Gasteiger partial charge on any atom is 0.225 e. The second kappa shape index (κ2) is 9.18. The van der Waals surface area contributed by atoms with E-state index in [1.165, 1.54) is 16.7 Å². The predicted molar refractivity (Wildman–Crippen MR) is 118 cm³/mol. The Morgan fingerprint density at radius 1 is 1.23 bits per heavy atom. The van der Waals surface area contributed by atoms with Crippen molar-refractivity contribution in [3.05, 3.63) is 65.0 Å². The number of amides is 2. The third-order valence-electron chi connectivity index (χ3n) is 6.57. The van der Waals surface area contributed by atoms with Crippen LogP contribution < -0.4 is 5.32 Å². The fraction of sp³-hybridized carbons (Fsp3) is 0.480. The minimum absolute atomic E-state index is 0.0269. The number of benzene rings is 1. The first kappa shape index (κ1) is 21.5. The number of aryl methyl sites for hydroxylation is 2. The van der Waals surface area contributed by atoms with Crippen LogP contribution in [0.4, 0.5) is 0 Å². The molecule has 2 aliphatic heterocycles. The quantitative estimate of drug-likeness (QED) is 0.779. The van der Waals surface area contributed by atoms with E-state index >= 15 is 0 Å². The molecule has 2 fully saturated rings. The smallest absolute Gasteiger partial charge is 0.225 e. The largest absolute Gasteiger partial charge is 0.381 e. The number of hydrogen-bond donors (Lipinski definition) is 1. The van der Waals surface area contributed by atoms with Gasteiger partial charge in [0.05, 0.1) is 5.92 Å². The zero-order chi connectivity index (χ0) is 21.8. The van der Waals surface area contributed by atoms with Crippen LogP contribution in [0, 0.1) is 19.8 Å². The molecular weight excluding hydrogens is 390 g/mol. The predicted octanol–water partition coefficient (Wildman–Crippen LogP) is 2.91.